The molecule has 0 aromatic heterocycles. The molecule has 0 aromatic carbocycles. The Bertz CT molecular complexity index is 69.1. The summed E-state index contributed by atoms with van der Waals surface area (Å²) in [7, 11) is 0. The zero-order valence-corrected chi connectivity index (χ0v) is 7.48. The molecule has 1 radical (unpaired) electrons. The van der Waals surface area contributed by atoms with E-state index >= 15 is 0 Å². The Morgan fingerprint density at radius 1 is 1.40 bits per heavy atom. The Kier molecular flexibility index (Phi) is 5.70. The van der Waals surface area contributed by atoms with Crippen LogP contribution in [0.15, 0.2) is 0 Å². The molecule has 10 heavy (non-hydrogen) atoms. The van der Waals surface area contributed by atoms with Crippen LogP contribution in [0.2, 0.25) is 0 Å². The van der Waals surface area contributed by atoms with E-state index in [0.29, 0.717) is 6.04 Å². The van der Waals surface area contributed by atoms with E-state index < -0.39 is 0 Å². The maximum atomic E-state index is 3.99. The molecule has 0 aliphatic rings. The topological polar surface area (TPSA) is 12.0 Å². The first-order valence-electron chi connectivity index (χ1n) is 4.23. The highest BCUT2D eigenvalue weighted by molar-refractivity contribution is 4.68. The van der Waals surface area contributed by atoms with E-state index in [1.807, 2.05) is 0 Å². The van der Waals surface area contributed by atoms with Crippen LogP contribution in [0.1, 0.15) is 33.6 Å². The molecule has 0 aromatic rings. The van der Waals surface area contributed by atoms with E-state index in [2.05, 4.69) is 33.0 Å². The predicted molar refractivity (Wildman–Crippen MR) is 46.9 cm³/mol. The van der Waals surface area contributed by atoms with Crippen LogP contribution in [0.25, 0.3) is 0 Å². The highest BCUT2D eigenvalue weighted by Gasteiger charge is 1.99. The van der Waals surface area contributed by atoms with Crippen LogP contribution < -0.4 is 5.32 Å². The first-order chi connectivity index (χ1) is 4.66. The molecule has 0 saturated carbocycles. The lowest BCUT2D eigenvalue weighted by atomic mass is 10.1. The van der Waals surface area contributed by atoms with Crippen molar-refractivity contribution >= 4 is 0 Å². The molecule has 1 atom stereocenters. The van der Waals surface area contributed by atoms with E-state index in [-0.39, 0.29) is 0 Å². The molecule has 1 nitrogen and oxygen atoms in total. The molecule has 1 N–H and O–H groups in total. The van der Waals surface area contributed by atoms with Crippen LogP contribution in [0.4, 0.5) is 0 Å². The van der Waals surface area contributed by atoms with Gasteiger partial charge in [0.05, 0.1) is 0 Å². The van der Waals surface area contributed by atoms with Gasteiger partial charge in [0.15, 0.2) is 0 Å². The van der Waals surface area contributed by atoms with Crippen molar-refractivity contribution in [3.8, 4) is 0 Å². The van der Waals surface area contributed by atoms with E-state index in [9.17, 15) is 0 Å². The highest BCUT2D eigenvalue weighted by atomic mass is 14.9. The summed E-state index contributed by atoms with van der Waals surface area (Å²) >= 11 is 0. The summed E-state index contributed by atoms with van der Waals surface area (Å²) in [6.07, 6.45) is 2.41. The monoisotopic (exact) mass is 142 g/mol. The molecule has 0 bridgehead atoms. The molecule has 0 spiro atoms. The summed E-state index contributed by atoms with van der Waals surface area (Å²) in [6.45, 7) is 11.7. The molecule has 0 rings (SSSR count). The van der Waals surface area contributed by atoms with Crippen molar-refractivity contribution in [2.75, 3.05) is 6.54 Å². The fourth-order valence-electron chi connectivity index (χ4n) is 0.853. The Hall–Kier alpha value is -0.0400. The third-order valence-corrected chi connectivity index (χ3v) is 1.45. The summed E-state index contributed by atoms with van der Waals surface area (Å²) in [5.74, 6) is 0.737. The second-order valence-corrected chi connectivity index (χ2v) is 3.29. The van der Waals surface area contributed by atoms with Crippen molar-refractivity contribution < 1.29 is 0 Å². The fourth-order valence-corrected chi connectivity index (χ4v) is 0.853. The van der Waals surface area contributed by atoms with Crippen molar-refractivity contribution in [3.05, 3.63) is 6.92 Å². The van der Waals surface area contributed by atoms with Gasteiger partial charge in [-0.15, -0.1) is 0 Å². The number of hydrogen-bond acceptors (Lipinski definition) is 1. The van der Waals surface area contributed by atoms with Gasteiger partial charge < -0.3 is 5.32 Å². The van der Waals surface area contributed by atoms with Crippen molar-refractivity contribution in [2.45, 2.75) is 39.7 Å². The lowest BCUT2D eigenvalue weighted by molar-refractivity contribution is 0.486. The van der Waals surface area contributed by atoms with Gasteiger partial charge in [-0.25, -0.2) is 0 Å². The van der Waals surface area contributed by atoms with Crippen LogP contribution in [-0.2, 0) is 0 Å². The van der Waals surface area contributed by atoms with E-state index in [4.69, 9.17) is 0 Å². The van der Waals surface area contributed by atoms with Gasteiger partial charge in [-0.2, -0.15) is 0 Å². The molecule has 61 valence electrons. The molecular formula is C9H20N. The minimum Gasteiger partial charge on any atom is -0.314 e. The Morgan fingerprint density at radius 3 is 2.40 bits per heavy atom. The Balaban J connectivity index is 3.12. The predicted octanol–water partition coefficient (Wildman–Crippen LogP) is 2.23. The van der Waals surface area contributed by atoms with E-state index in [0.717, 1.165) is 12.5 Å². The molecule has 0 saturated heterocycles. The van der Waals surface area contributed by atoms with Gasteiger partial charge in [-0.05, 0) is 25.8 Å². The largest absolute Gasteiger partial charge is 0.314 e. The van der Waals surface area contributed by atoms with Crippen LogP contribution in [0.3, 0.4) is 0 Å². The fraction of sp³-hybridized carbons (Fsp3) is 0.889. The minimum absolute atomic E-state index is 0.451. The summed E-state index contributed by atoms with van der Waals surface area (Å²) in [5.41, 5.74) is 0. The van der Waals surface area contributed by atoms with Crippen molar-refractivity contribution in [3.63, 3.8) is 0 Å². The normalized spacial score (nSPS) is 14.1. The molecule has 1 heteroatoms. The maximum absolute atomic E-state index is 3.99. The van der Waals surface area contributed by atoms with Gasteiger partial charge in [0.25, 0.3) is 0 Å². The van der Waals surface area contributed by atoms with Gasteiger partial charge in [0.2, 0.25) is 0 Å². The quantitative estimate of drug-likeness (QED) is 0.620. The molecule has 0 aliphatic heterocycles. The van der Waals surface area contributed by atoms with Crippen LogP contribution in [0, 0.1) is 12.8 Å². The average molecular weight is 142 g/mol. The summed E-state index contributed by atoms with van der Waals surface area (Å²) < 4.78 is 0. The second-order valence-electron chi connectivity index (χ2n) is 3.29. The van der Waals surface area contributed by atoms with Crippen molar-refractivity contribution in [2.24, 2.45) is 5.92 Å². The molecule has 1 unspecified atom stereocenters. The van der Waals surface area contributed by atoms with E-state index in [1.54, 1.807) is 0 Å². The average Bonchev–Trinajstić information content (AvgIpc) is 1.85. The zero-order valence-electron chi connectivity index (χ0n) is 7.48. The van der Waals surface area contributed by atoms with E-state index in [1.165, 1.54) is 12.8 Å². The Morgan fingerprint density at radius 2 is 2.00 bits per heavy atom. The second kappa shape index (κ2) is 5.72. The standard InChI is InChI=1S/C9H20N/c1-5-6-9(4)10-7-8(2)3/h8-10H,4-7H2,1-3H3. The lowest BCUT2D eigenvalue weighted by Gasteiger charge is -2.13. The summed E-state index contributed by atoms with van der Waals surface area (Å²) in [5, 5.41) is 3.37. The molecule has 0 fully saturated rings. The zero-order chi connectivity index (χ0) is 7.98. The minimum atomic E-state index is 0.451. The first kappa shape index (κ1) is 9.96. The lowest BCUT2D eigenvalue weighted by Crippen LogP contribution is -2.29. The molecular weight excluding hydrogens is 122 g/mol. The molecule has 0 heterocycles. The smallest absolute Gasteiger partial charge is 0.00676 e. The van der Waals surface area contributed by atoms with Crippen LogP contribution in [-0.4, -0.2) is 12.6 Å². The van der Waals surface area contributed by atoms with Crippen LogP contribution >= 0.6 is 0 Å². The number of rotatable bonds is 5. The van der Waals surface area contributed by atoms with Gasteiger partial charge in [0, 0.05) is 6.04 Å². The van der Waals surface area contributed by atoms with Gasteiger partial charge in [-0.3, -0.25) is 0 Å². The number of hydrogen-bond donors (Lipinski definition) is 1. The third kappa shape index (κ3) is 6.09. The maximum Gasteiger partial charge on any atom is 0.00676 e. The molecule has 0 aliphatic carbocycles. The third-order valence-electron chi connectivity index (χ3n) is 1.45. The number of nitrogens with one attached hydrogen (secondary N) is 1. The Labute approximate surface area is 65.2 Å². The summed E-state index contributed by atoms with van der Waals surface area (Å²) in [4.78, 5) is 0. The highest BCUT2D eigenvalue weighted by Crippen LogP contribution is 1.95. The van der Waals surface area contributed by atoms with Crippen molar-refractivity contribution in [1.82, 2.24) is 5.32 Å². The van der Waals surface area contributed by atoms with Gasteiger partial charge in [-0.1, -0.05) is 27.2 Å². The van der Waals surface area contributed by atoms with Crippen molar-refractivity contribution in [1.29, 1.82) is 0 Å². The van der Waals surface area contributed by atoms with Crippen LogP contribution in [0.5, 0.6) is 0 Å². The molecule has 0 amide bonds. The summed E-state index contributed by atoms with van der Waals surface area (Å²) in [6, 6.07) is 0.451. The van der Waals surface area contributed by atoms with Gasteiger partial charge >= 0.3 is 0 Å². The van der Waals surface area contributed by atoms with Gasteiger partial charge in [0.1, 0.15) is 0 Å². The first-order valence-corrected chi connectivity index (χ1v) is 4.23. The SMILES string of the molecule is [CH2]C(CCC)NCC(C)C.